The van der Waals surface area contributed by atoms with Crippen molar-refractivity contribution in [1.82, 2.24) is 9.97 Å². The molecule has 0 saturated heterocycles. The summed E-state index contributed by atoms with van der Waals surface area (Å²) in [5, 5.41) is 9.36. The molecule has 0 spiro atoms. The number of hydrogen-bond acceptors (Lipinski definition) is 3. The molecule has 22 heavy (non-hydrogen) atoms. The van der Waals surface area contributed by atoms with Gasteiger partial charge in [-0.05, 0) is 42.0 Å². The Morgan fingerprint density at radius 2 is 2.18 bits per heavy atom. The molecule has 3 aromatic rings. The van der Waals surface area contributed by atoms with E-state index in [9.17, 15) is 9.65 Å². The maximum atomic E-state index is 13.2. The number of benzene rings is 2. The van der Waals surface area contributed by atoms with Crippen LogP contribution in [0.2, 0.25) is 0 Å². The highest BCUT2D eigenvalue weighted by Gasteiger charge is 2.08. The first kappa shape index (κ1) is 13.8. The van der Waals surface area contributed by atoms with Crippen molar-refractivity contribution in [3.63, 3.8) is 0 Å². The van der Waals surface area contributed by atoms with Crippen molar-refractivity contribution < 1.29 is 9.13 Å². The predicted molar refractivity (Wildman–Crippen MR) is 82.5 cm³/mol. The molecule has 2 aromatic carbocycles. The molecule has 0 bridgehead atoms. The van der Waals surface area contributed by atoms with Crippen LogP contribution in [0.25, 0.3) is 22.7 Å². The number of ether oxygens (including phenoxy) is 1. The number of halogens is 1. The lowest BCUT2D eigenvalue weighted by molar-refractivity contribution is 0.414. The van der Waals surface area contributed by atoms with E-state index in [2.05, 4.69) is 16.0 Å². The van der Waals surface area contributed by atoms with Gasteiger partial charge in [-0.1, -0.05) is 12.1 Å². The van der Waals surface area contributed by atoms with Crippen LogP contribution in [0.4, 0.5) is 4.39 Å². The van der Waals surface area contributed by atoms with E-state index < -0.39 is 0 Å². The summed E-state index contributed by atoms with van der Waals surface area (Å²) in [5.41, 5.74) is 2.36. The van der Waals surface area contributed by atoms with E-state index in [1.54, 1.807) is 19.3 Å². The van der Waals surface area contributed by atoms with Crippen molar-refractivity contribution in [3.05, 3.63) is 59.7 Å². The number of hydrogen-bond donors (Lipinski definition) is 1. The molecule has 0 aliphatic rings. The lowest BCUT2D eigenvalue weighted by Crippen LogP contribution is -1.86. The molecule has 0 radical (unpaired) electrons. The van der Waals surface area contributed by atoms with Crippen LogP contribution in [0, 0.1) is 17.1 Å². The molecule has 1 aromatic heterocycles. The number of allylic oxidation sites excluding steroid dienone is 1. The van der Waals surface area contributed by atoms with Gasteiger partial charge in [-0.3, -0.25) is 0 Å². The van der Waals surface area contributed by atoms with Crippen molar-refractivity contribution in [2.75, 3.05) is 7.11 Å². The van der Waals surface area contributed by atoms with Crippen molar-refractivity contribution in [2.24, 2.45) is 0 Å². The fourth-order valence-corrected chi connectivity index (χ4v) is 2.16. The Balaban J connectivity index is 2.05. The average Bonchev–Trinajstić information content (AvgIpc) is 2.95. The Kier molecular flexibility index (Phi) is 3.58. The summed E-state index contributed by atoms with van der Waals surface area (Å²) in [5.74, 6) is 0.765. The molecular weight excluding hydrogens is 281 g/mol. The van der Waals surface area contributed by atoms with Gasteiger partial charge in [-0.15, -0.1) is 0 Å². The first-order valence-corrected chi connectivity index (χ1v) is 6.61. The van der Waals surface area contributed by atoms with Crippen LogP contribution in [-0.4, -0.2) is 17.1 Å². The highest BCUT2D eigenvalue weighted by molar-refractivity contribution is 5.90. The van der Waals surface area contributed by atoms with Crippen LogP contribution in [0.1, 0.15) is 11.4 Å². The molecule has 0 aliphatic heterocycles. The van der Waals surface area contributed by atoms with Gasteiger partial charge in [0.1, 0.15) is 23.5 Å². The van der Waals surface area contributed by atoms with Crippen molar-refractivity contribution >= 4 is 22.7 Å². The number of nitrogens with one attached hydrogen (secondary N) is 1. The number of H-pyrrole nitrogens is 1. The highest BCUT2D eigenvalue weighted by Crippen LogP contribution is 2.21. The van der Waals surface area contributed by atoms with Gasteiger partial charge in [-0.2, -0.15) is 5.26 Å². The summed E-state index contributed by atoms with van der Waals surface area (Å²) in [6, 6.07) is 13.7. The SMILES string of the molecule is COc1cccc(/C=C(/C#N)c2nc3ccc(F)cc3[nH]2)c1. The molecule has 1 heterocycles. The van der Waals surface area contributed by atoms with Crippen LogP contribution in [0.5, 0.6) is 5.75 Å². The van der Waals surface area contributed by atoms with E-state index in [0.29, 0.717) is 28.2 Å². The van der Waals surface area contributed by atoms with Gasteiger partial charge in [0.25, 0.3) is 0 Å². The quantitative estimate of drug-likeness (QED) is 0.748. The third-order valence-corrected chi connectivity index (χ3v) is 3.22. The third kappa shape index (κ3) is 2.67. The number of fused-ring (bicyclic) bond motifs is 1. The highest BCUT2D eigenvalue weighted by atomic mass is 19.1. The second-order valence-electron chi connectivity index (χ2n) is 4.69. The van der Waals surface area contributed by atoms with Gasteiger partial charge in [0.2, 0.25) is 0 Å². The molecule has 108 valence electrons. The Morgan fingerprint density at radius 3 is 2.95 bits per heavy atom. The summed E-state index contributed by atoms with van der Waals surface area (Å²) >= 11 is 0. The van der Waals surface area contributed by atoms with Crippen LogP contribution in [-0.2, 0) is 0 Å². The van der Waals surface area contributed by atoms with Crippen LogP contribution in [0.3, 0.4) is 0 Å². The smallest absolute Gasteiger partial charge is 0.149 e. The minimum Gasteiger partial charge on any atom is -0.497 e. The molecule has 0 aliphatic carbocycles. The number of nitrogens with zero attached hydrogens (tertiary/aromatic N) is 2. The lowest BCUT2D eigenvalue weighted by atomic mass is 10.1. The van der Waals surface area contributed by atoms with Crippen LogP contribution >= 0.6 is 0 Å². The lowest BCUT2D eigenvalue weighted by Gasteiger charge is -2.00. The topological polar surface area (TPSA) is 61.7 Å². The average molecular weight is 293 g/mol. The summed E-state index contributed by atoms with van der Waals surface area (Å²) in [4.78, 5) is 7.28. The number of rotatable bonds is 3. The summed E-state index contributed by atoms with van der Waals surface area (Å²) in [6.45, 7) is 0. The largest absolute Gasteiger partial charge is 0.497 e. The fourth-order valence-electron chi connectivity index (χ4n) is 2.16. The minimum atomic E-state index is -0.349. The number of imidazole rings is 1. The standard InChI is InChI=1S/C17H12FN3O/c1-22-14-4-2-3-11(8-14)7-12(10-19)17-20-15-6-5-13(18)9-16(15)21-17/h2-9H,1H3,(H,20,21)/b12-7-. The van der Waals surface area contributed by atoms with Crippen molar-refractivity contribution in [3.8, 4) is 11.8 Å². The fraction of sp³-hybridized carbons (Fsp3) is 0.0588. The minimum absolute atomic E-state index is 0.349. The Bertz CT molecular complexity index is 906. The zero-order chi connectivity index (χ0) is 15.5. The van der Waals surface area contributed by atoms with Gasteiger partial charge in [-0.25, -0.2) is 9.37 Å². The number of nitriles is 1. The van der Waals surface area contributed by atoms with Crippen LogP contribution in [0.15, 0.2) is 42.5 Å². The Labute approximate surface area is 126 Å². The molecule has 3 rings (SSSR count). The van der Waals surface area contributed by atoms with Crippen LogP contribution < -0.4 is 4.74 Å². The van der Waals surface area contributed by atoms with E-state index in [1.807, 2.05) is 24.3 Å². The normalized spacial score (nSPS) is 11.4. The molecule has 0 unspecified atom stereocenters. The first-order chi connectivity index (χ1) is 10.7. The monoisotopic (exact) mass is 293 g/mol. The molecule has 0 fully saturated rings. The molecule has 0 saturated carbocycles. The molecule has 1 N–H and O–H groups in total. The maximum absolute atomic E-state index is 13.2. The third-order valence-electron chi connectivity index (χ3n) is 3.22. The first-order valence-electron chi connectivity index (χ1n) is 6.61. The van der Waals surface area contributed by atoms with E-state index in [0.717, 1.165) is 5.56 Å². The van der Waals surface area contributed by atoms with Gasteiger partial charge in [0, 0.05) is 0 Å². The number of aromatic amines is 1. The molecule has 0 amide bonds. The predicted octanol–water partition coefficient (Wildman–Crippen LogP) is 3.77. The molecule has 4 nitrogen and oxygen atoms in total. The van der Waals surface area contributed by atoms with E-state index in [-0.39, 0.29) is 5.82 Å². The zero-order valence-corrected chi connectivity index (χ0v) is 11.8. The van der Waals surface area contributed by atoms with Gasteiger partial charge < -0.3 is 9.72 Å². The number of methoxy groups -OCH3 is 1. The summed E-state index contributed by atoms with van der Waals surface area (Å²) in [7, 11) is 1.59. The molecule has 5 heteroatoms. The van der Waals surface area contributed by atoms with E-state index >= 15 is 0 Å². The molecular formula is C17H12FN3O. The summed E-state index contributed by atoms with van der Waals surface area (Å²) in [6.07, 6.45) is 1.70. The van der Waals surface area contributed by atoms with Gasteiger partial charge in [0.15, 0.2) is 0 Å². The Hall–Kier alpha value is -3.13. The molecule has 0 atom stereocenters. The Morgan fingerprint density at radius 1 is 1.32 bits per heavy atom. The van der Waals surface area contributed by atoms with Crippen molar-refractivity contribution in [1.29, 1.82) is 5.26 Å². The van der Waals surface area contributed by atoms with E-state index in [1.165, 1.54) is 12.1 Å². The van der Waals surface area contributed by atoms with E-state index in [4.69, 9.17) is 4.74 Å². The van der Waals surface area contributed by atoms with Gasteiger partial charge in [0.05, 0.1) is 23.7 Å². The number of aromatic nitrogens is 2. The maximum Gasteiger partial charge on any atom is 0.149 e. The van der Waals surface area contributed by atoms with Gasteiger partial charge >= 0.3 is 0 Å². The second kappa shape index (κ2) is 5.70. The zero-order valence-electron chi connectivity index (χ0n) is 11.8. The summed E-state index contributed by atoms with van der Waals surface area (Å²) < 4.78 is 18.4. The second-order valence-corrected chi connectivity index (χ2v) is 4.69. The van der Waals surface area contributed by atoms with Crippen molar-refractivity contribution in [2.45, 2.75) is 0 Å².